The highest BCUT2D eigenvalue weighted by Gasteiger charge is 2.20. The first-order valence-corrected chi connectivity index (χ1v) is 9.80. The van der Waals surface area contributed by atoms with Crippen LogP contribution < -0.4 is 11.3 Å². The van der Waals surface area contributed by atoms with E-state index < -0.39 is 6.67 Å². The third-order valence-electron chi connectivity index (χ3n) is 5.11. The average molecular weight is 397 g/mol. The number of H-pyrrole nitrogens is 1. The maximum atomic E-state index is 13.3. The minimum absolute atomic E-state index is 0.119. The highest BCUT2D eigenvalue weighted by Crippen LogP contribution is 2.40. The van der Waals surface area contributed by atoms with Gasteiger partial charge in [0, 0.05) is 15.6 Å². The van der Waals surface area contributed by atoms with Crippen LogP contribution in [0.4, 0.5) is 4.39 Å². The largest absolute Gasteiger partial charge is 0.493 e. The summed E-state index contributed by atoms with van der Waals surface area (Å²) in [5, 5.41) is 12.0. The number of halogens is 1. The standard InChI is InChI=1S/C21H20FN3O2S/c1-10(9-23)12-3-5-13(6-4-12)16-17-15-7-14(8-22)28-19(15)21(27)25-18(17)11(2)24-20(16)26/h3-7,10H,8-9,23H2,1-2H3,(H,24,26)(H,25,27). The smallest absolute Gasteiger partial charge is 0.266 e. The Morgan fingerprint density at radius 1 is 1.32 bits per heavy atom. The van der Waals surface area contributed by atoms with Crippen molar-refractivity contribution in [2.45, 2.75) is 26.4 Å². The van der Waals surface area contributed by atoms with Gasteiger partial charge in [-0.2, -0.15) is 0 Å². The van der Waals surface area contributed by atoms with E-state index in [2.05, 4.69) is 9.97 Å². The van der Waals surface area contributed by atoms with Gasteiger partial charge in [-0.1, -0.05) is 31.2 Å². The first kappa shape index (κ1) is 18.6. The van der Waals surface area contributed by atoms with Crippen LogP contribution in [0.3, 0.4) is 0 Å². The molecule has 0 aliphatic carbocycles. The number of rotatable bonds is 4. The molecule has 0 spiro atoms. The number of benzene rings is 1. The molecule has 0 amide bonds. The summed E-state index contributed by atoms with van der Waals surface area (Å²) >= 11 is 1.13. The molecule has 0 radical (unpaired) electrons. The van der Waals surface area contributed by atoms with Gasteiger partial charge in [-0.25, -0.2) is 9.37 Å². The van der Waals surface area contributed by atoms with Gasteiger partial charge in [0.2, 0.25) is 5.88 Å². The Morgan fingerprint density at radius 3 is 2.68 bits per heavy atom. The molecule has 3 heterocycles. The second-order valence-corrected chi connectivity index (χ2v) is 8.08. The topological polar surface area (TPSA) is 92.0 Å². The Balaban J connectivity index is 2.08. The predicted octanol–water partition coefficient (Wildman–Crippen LogP) is 4.35. The average Bonchev–Trinajstić information content (AvgIpc) is 3.14. The van der Waals surface area contributed by atoms with Gasteiger partial charge in [-0.05, 0) is 36.6 Å². The van der Waals surface area contributed by atoms with Crippen molar-refractivity contribution in [3.63, 3.8) is 0 Å². The third kappa shape index (κ3) is 2.87. The van der Waals surface area contributed by atoms with Gasteiger partial charge in [0.1, 0.15) is 11.4 Å². The highest BCUT2D eigenvalue weighted by atomic mass is 32.1. The lowest BCUT2D eigenvalue weighted by molar-refractivity contribution is 0.455. The lowest BCUT2D eigenvalue weighted by Gasteiger charge is -2.14. The molecule has 0 saturated heterocycles. The first-order valence-electron chi connectivity index (χ1n) is 8.99. The van der Waals surface area contributed by atoms with Crippen molar-refractivity contribution in [2.24, 2.45) is 5.73 Å². The number of fused-ring (bicyclic) bond motifs is 3. The van der Waals surface area contributed by atoms with Crippen LogP contribution in [-0.4, -0.2) is 21.6 Å². The Morgan fingerprint density at radius 2 is 2.04 bits per heavy atom. The number of alkyl halides is 1. The molecule has 4 rings (SSSR count). The van der Waals surface area contributed by atoms with Gasteiger partial charge in [0.05, 0.1) is 16.8 Å². The molecule has 0 aliphatic heterocycles. The zero-order valence-electron chi connectivity index (χ0n) is 15.5. The monoisotopic (exact) mass is 397 g/mol. The lowest BCUT2D eigenvalue weighted by atomic mass is 9.95. The molecule has 144 valence electrons. The van der Waals surface area contributed by atoms with Crippen LogP contribution in [0.2, 0.25) is 0 Å². The van der Waals surface area contributed by atoms with E-state index in [1.54, 1.807) is 13.0 Å². The summed E-state index contributed by atoms with van der Waals surface area (Å²) in [5.74, 6) is 0.105. The number of nitrogens with one attached hydrogen (secondary N) is 1. The fraction of sp³-hybridized carbons (Fsp3) is 0.238. The van der Waals surface area contributed by atoms with E-state index in [0.717, 1.165) is 22.5 Å². The van der Waals surface area contributed by atoms with E-state index in [0.29, 0.717) is 43.7 Å². The van der Waals surface area contributed by atoms with E-state index in [1.807, 2.05) is 31.2 Å². The van der Waals surface area contributed by atoms with Gasteiger partial charge < -0.3 is 15.8 Å². The summed E-state index contributed by atoms with van der Waals surface area (Å²) in [6.45, 7) is 3.68. The third-order valence-corrected chi connectivity index (χ3v) is 6.21. The van der Waals surface area contributed by atoms with Gasteiger partial charge in [-0.3, -0.25) is 4.79 Å². The molecular formula is C21H20FN3O2S. The number of nitrogens with two attached hydrogens (primary N) is 1. The van der Waals surface area contributed by atoms with Crippen LogP contribution in [-0.2, 0) is 6.67 Å². The Labute approximate surface area is 164 Å². The molecule has 1 aromatic carbocycles. The van der Waals surface area contributed by atoms with E-state index in [4.69, 9.17) is 5.73 Å². The van der Waals surface area contributed by atoms with Crippen LogP contribution in [0, 0.1) is 6.92 Å². The van der Waals surface area contributed by atoms with Crippen LogP contribution >= 0.6 is 11.3 Å². The fourth-order valence-corrected chi connectivity index (χ4v) is 4.44. The number of aromatic nitrogens is 2. The maximum Gasteiger partial charge on any atom is 0.266 e. The fourth-order valence-electron chi connectivity index (χ4n) is 3.53. The minimum atomic E-state index is -0.642. The summed E-state index contributed by atoms with van der Waals surface area (Å²) in [6.07, 6.45) is 0. The molecule has 1 atom stereocenters. The SMILES string of the molecule is Cc1nc(O)c(-c2ccc(C(C)CN)cc2)c2c1[nH]c(=O)c1sc(CF)cc12. The zero-order chi connectivity index (χ0) is 20.0. The molecule has 0 fully saturated rings. The normalized spacial score (nSPS) is 12.7. The number of hydrogen-bond acceptors (Lipinski definition) is 5. The van der Waals surface area contributed by atoms with E-state index in [1.165, 1.54) is 0 Å². The zero-order valence-corrected chi connectivity index (χ0v) is 16.4. The van der Waals surface area contributed by atoms with Crippen molar-refractivity contribution < 1.29 is 9.50 Å². The van der Waals surface area contributed by atoms with Gasteiger partial charge in [0.15, 0.2) is 0 Å². The van der Waals surface area contributed by atoms with Crippen molar-refractivity contribution in [2.75, 3.05) is 6.54 Å². The molecule has 5 nitrogen and oxygen atoms in total. The van der Waals surface area contributed by atoms with E-state index in [-0.39, 0.29) is 17.4 Å². The van der Waals surface area contributed by atoms with Gasteiger partial charge >= 0.3 is 0 Å². The van der Waals surface area contributed by atoms with Crippen molar-refractivity contribution in [1.82, 2.24) is 9.97 Å². The second-order valence-electron chi connectivity index (χ2n) is 6.95. The summed E-state index contributed by atoms with van der Waals surface area (Å²) in [7, 11) is 0. The van der Waals surface area contributed by atoms with Gasteiger partial charge in [-0.15, -0.1) is 11.3 Å². The molecule has 4 N–H and O–H groups in total. The molecule has 0 aliphatic rings. The quantitative estimate of drug-likeness (QED) is 0.477. The Hall–Kier alpha value is -2.77. The second kappa shape index (κ2) is 7.00. The van der Waals surface area contributed by atoms with Crippen LogP contribution in [0.1, 0.15) is 29.0 Å². The summed E-state index contributed by atoms with van der Waals surface area (Å²) < 4.78 is 13.7. The molecule has 4 aromatic rings. The van der Waals surface area contributed by atoms with E-state index >= 15 is 0 Å². The van der Waals surface area contributed by atoms with Crippen LogP contribution in [0.15, 0.2) is 35.1 Å². The molecular weight excluding hydrogens is 377 g/mol. The predicted molar refractivity (Wildman–Crippen MR) is 112 cm³/mol. The maximum absolute atomic E-state index is 13.3. The molecule has 0 saturated carbocycles. The highest BCUT2D eigenvalue weighted by molar-refractivity contribution is 7.19. The minimum Gasteiger partial charge on any atom is -0.493 e. The van der Waals surface area contributed by atoms with E-state index in [9.17, 15) is 14.3 Å². The number of nitrogens with zero attached hydrogens (tertiary/aromatic N) is 1. The number of pyridine rings is 2. The number of thiophene rings is 1. The molecule has 0 bridgehead atoms. The van der Waals surface area contributed by atoms with Crippen LogP contribution in [0.5, 0.6) is 5.88 Å². The molecule has 7 heteroatoms. The lowest BCUT2D eigenvalue weighted by Crippen LogP contribution is -2.08. The van der Waals surface area contributed by atoms with Crippen molar-refractivity contribution in [3.8, 4) is 17.0 Å². The first-order chi connectivity index (χ1) is 13.4. The Kier molecular flexibility index (Phi) is 4.64. The van der Waals surface area contributed by atoms with Crippen LogP contribution in [0.25, 0.3) is 32.1 Å². The summed E-state index contributed by atoms with van der Waals surface area (Å²) in [6, 6.07) is 9.45. The van der Waals surface area contributed by atoms with Crippen molar-refractivity contribution in [1.29, 1.82) is 0 Å². The van der Waals surface area contributed by atoms with Crippen molar-refractivity contribution in [3.05, 3.63) is 56.8 Å². The summed E-state index contributed by atoms with van der Waals surface area (Å²) in [5.41, 5.74) is 8.92. The summed E-state index contributed by atoms with van der Waals surface area (Å²) in [4.78, 5) is 20.0. The number of aromatic hydroxyl groups is 1. The van der Waals surface area contributed by atoms with Crippen molar-refractivity contribution >= 4 is 32.3 Å². The molecule has 1 unspecified atom stereocenters. The number of aromatic amines is 1. The Bertz CT molecular complexity index is 1240. The van der Waals surface area contributed by atoms with Gasteiger partial charge in [0.25, 0.3) is 5.56 Å². The molecule has 3 aromatic heterocycles. The number of hydrogen-bond donors (Lipinski definition) is 3. The number of aryl methyl sites for hydroxylation is 1. The molecule has 28 heavy (non-hydrogen) atoms.